The highest BCUT2D eigenvalue weighted by atomic mass is 35.5. The van der Waals surface area contributed by atoms with Crippen molar-refractivity contribution < 1.29 is 14.3 Å². The predicted octanol–water partition coefficient (Wildman–Crippen LogP) is 5.28. The fourth-order valence-corrected chi connectivity index (χ4v) is 4.16. The zero-order valence-corrected chi connectivity index (χ0v) is 19.7. The van der Waals surface area contributed by atoms with E-state index in [2.05, 4.69) is 5.32 Å². The molecule has 2 amide bonds. The second kappa shape index (κ2) is 11.9. The van der Waals surface area contributed by atoms with Gasteiger partial charge in [-0.25, -0.2) is 0 Å². The van der Waals surface area contributed by atoms with Gasteiger partial charge in [-0.05, 0) is 68.5 Å². The third-order valence-electron chi connectivity index (χ3n) is 6.09. The number of nitrogens with zero attached hydrogens (tertiary/aromatic N) is 1. The standard InChI is InChI=1S/C26H33ClN2O3/c1-19-8-3-4-9-21(19)18-29(20(2)26(31)28-23-10-5-6-11-23)25(30)12-7-17-32-24-15-13-22(27)14-16-24/h3-4,8-9,13-16,20,23H,5-7,10-12,17-18H2,1-2H3,(H,28,31). The summed E-state index contributed by atoms with van der Waals surface area (Å²) in [5, 5.41) is 3.80. The Bertz CT molecular complexity index is 894. The van der Waals surface area contributed by atoms with Crippen LogP contribution in [0.5, 0.6) is 5.75 Å². The van der Waals surface area contributed by atoms with Crippen molar-refractivity contribution in [2.45, 2.75) is 71.0 Å². The molecule has 0 saturated heterocycles. The summed E-state index contributed by atoms with van der Waals surface area (Å²) in [5.74, 6) is 0.612. The number of aryl methyl sites for hydroxylation is 1. The number of ether oxygens (including phenoxy) is 1. The topological polar surface area (TPSA) is 58.6 Å². The van der Waals surface area contributed by atoms with Gasteiger partial charge < -0.3 is 15.0 Å². The normalized spacial score (nSPS) is 14.7. The molecule has 1 aliphatic rings. The highest BCUT2D eigenvalue weighted by Gasteiger charge is 2.28. The summed E-state index contributed by atoms with van der Waals surface area (Å²) >= 11 is 5.90. The van der Waals surface area contributed by atoms with Crippen LogP contribution in [0.25, 0.3) is 0 Å². The second-order valence-corrected chi connectivity index (χ2v) is 8.96. The van der Waals surface area contributed by atoms with Gasteiger partial charge >= 0.3 is 0 Å². The molecule has 1 aliphatic carbocycles. The minimum Gasteiger partial charge on any atom is -0.494 e. The number of rotatable bonds is 10. The van der Waals surface area contributed by atoms with Crippen LogP contribution in [0.1, 0.15) is 56.6 Å². The molecule has 0 aromatic heterocycles. The molecule has 0 bridgehead atoms. The highest BCUT2D eigenvalue weighted by molar-refractivity contribution is 6.30. The van der Waals surface area contributed by atoms with Crippen LogP contribution >= 0.6 is 11.6 Å². The summed E-state index contributed by atoms with van der Waals surface area (Å²) in [5.41, 5.74) is 2.17. The molecule has 5 nitrogen and oxygen atoms in total. The average Bonchev–Trinajstić information content (AvgIpc) is 3.30. The maximum atomic E-state index is 13.2. The maximum Gasteiger partial charge on any atom is 0.242 e. The van der Waals surface area contributed by atoms with Gasteiger partial charge in [-0.3, -0.25) is 9.59 Å². The zero-order valence-electron chi connectivity index (χ0n) is 19.0. The third kappa shape index (κ3) is 6.99. The smallest absolute Gasteiger partial charge is 0.242 e. The van der Waals surface area contributed by atoms with E-state index in [0.717, 1.165) is 42.6 Å². The minimum absolute atomic E-state index is 0.0398. The second-order valence-electron chi connectivity index (χ2n) is 8.52. The fourth-order valence-electron chi connectivity index (χ4n) is 4.03. The van der Waals surface area contributed by atoms with Gasteiger partial charge in [0.1, 0.15) is 11.8 Å². The van der Waals surface area contributed by atoms with E-state index >= 15 is 0 Å². The molecule has 1 N–H and O–H groups in total. The Labute approximate surface area is 196 Å². The van der Waals surface area contributed by atoms with Crippen molar-refractivity contribution in [1.82, 2.24) is 10.2 Å². The van der Waals surface area contributed by atoms with Gasteiger partial charge in [0.25, 0.3) is 0 Å². The van der Waals surface area contributed by atoms with Crippen molar-refractivity contribution >= 4 is 23.4 Å². The number of halogens is 1. The molecule has 2 aromatic carbocycles. The summed E-state index contributed by atoms with van der Waals surface area (Å²) in [4.78, 5) is 27.8. The number of carbonyl (C=O) groups is 2. The van der Waals surface area contributed by atoms with Crippen LogP contribution in [0.4, 0.5) is 0 Å². The minimum atomic E-state index is -0.528. The lowest BCUT2D eigenvalue weighted by atomic mass is 10.1. The van der Waals surface area contributed by atoms with Crippen molar-refractivity contribution in [1.29, 1.82) is 0 Å². The lowest BCUT2D eigenvalue weighted by molar-refractivity contribution is -0.141. The largest absolute Gasteiger partial charge is 0.494 e. The average molecular weight is 457 g/mol. The molecule has 172 valence electrons. The third-order valence-corrected chi connectivity index (χ3v) is 6.34. The van der Waals surface area contributed by atoms with E-state index in [0.29, 0.717) is 31.0 Å². The van der Waals surface area contributed by atoms with Gasteiger partial charge in [0.2, 0.25) is 11.8 Å². The van der Waals surface area contributed by atoms with Crippen LogP contribution in [-0.2, 0) is 16.1 Å². The summed E-state index contributed by atoms with van der Waals surface area (Å²) in [6.07, 6.45) is 5.24. The first-order chi connectivity index (χ1) is 15.4. The Balaban J connectivity index is 1.60. The van der Waals surface area contributed by atoms with E-state index in [1.807, 2.05) is 50.2 Å². The molecule has 6 heteroatoms. The molecule has 32 heavy (non-hydrogen) atoms. The molecular formula is C26H33ClN2O3. The Morgan fingerprint density at radius 3 is 2.50 bits per heavy atom. The van der Waals surface area contributed by atoms with Crippen molar-refractivity contribution in [3.63, 3.8) is 0 Å². The SMILES string of the molecule is Cc1ccccc1CN(C(=O)CCCOc1ccc(Cl)cc1)C(C)C(=O)NC1CCCC1. The molecule has 0 radical (unpaired) electrons. The van der Waals surface area contributed by atoms with Crippen LogP contribution in [0.3, 0.4) is 0 Å². The summed E-state index contributed by atoms with van der Waals surface area (Å²) in [6.45, 7) is 4.70. The molecule has 0 heterocycles. The quantitative estimate of drug-likeness (QED) is 0.494. The van der Waals surface area contributed by atoms with E-state index < -0.39 is 6.04 Å². The van der Waals surface area contributed by atoms with E-state index in [9.17, 15) is 9.59 Å². The maximum absolute atomic E-state index is 13.2. The van der Waals surface area contributed by atoms with Crippen LogP contribution in [0.2, 0.25) is 5.02 Å². The first kappa shape index (κ1) is 24.1. The molecule has 1 fully saturated rings. The number of hydrogen-bond acceptors (Lipinski definition) is 3. The molecular weight excluding hydrogens is 424 g/mol. The van der Waals surface area contributed by atoms with Crippen molar-refractivity contribution in [3.8, 4) is 5.75 Å². The lowest BCUT2D eigenvalue weighted by Crippen LogP contribution is -2.49. The Hall–Kier alpha value is -2.53. The zero-order chi connectivity index (χ0) is 22.9. The van der Waals surface area contributed by atoms with Crippen LogP contribution in [0.15, 0.2) is 48.5 Å². The molecule has 2 aromatic rings. The number of hydrogen-bond donors (Lipinski definition) is 1. The number of carbonyl (C=O) groups excluding carboxylic acids is 2. The number of nitrogens with one attached hydrogen (secondary N) is 1. The Morgan fingerprint density at radius 1 is 1.12 bits per heavy atom. The molecule has 1 saturated carbocycles. The van der Waals surface area contributed by atoms with Crippen LogP contribution in [0, 0.1) is 6.92 Å². The number of benzene rings is 2. The number of amides is 2. The van der Waals surface area contributed by atoms with Gasteiger partial charge in [0.05, 0.1) is 6.61 Å². The molecule has 1 atom stereocenters. The van der Waals surface area contributed by atoms with Gasteiger partial charge in [0.15, 0.2) is 0 Å². The van der Waals surface area contributed by atoms with Crippen LogP contribution < -0.4 is 10.1 Å². The first-order valence-electron chi connectivity index (χ1n) is 11.5. The Morgan fingerprint density at radius 2 is 1.81 bits per heavy atom. The van der Waals surface area contributed by atoms with E-state index in [1.54, 1.807) is 17.0 Å². The van der Waals surface area contributed by atoms with Gasteiger partial charge in [-0.15, -0.1) is 0 Å². The summed E-state index contributed by atoms with van der Waals surface area (Å²) < 4.78 is 5.72. The van der Waals surface area contributed by atoms with Gasteiger partial charge in [-0.1, -0.05) is 48.7 Å². The Kier molecular flexibility index (Phi) is 8.98. The van der Waals surface area contributed by atoms with Crippen LogP contribution in [-0.4, -0.2) is 35.4 Å². The van der Waals surface area contributed by atoms with Gasteiger partial charge in [0, 0.05) is 24.0 Å². The van der Waals surface area contributed by atoms with E-state index in [-0.39, 0.29) is 17.9 Å². The van der Waals surface area contributed by atoms with E-state index in [4.69, 9.17) is 16.3 Å². The predicted molar refractivity (Wildman–Crippen MR) is 128 cm³/mol. The first-order valence-corrected chi connectivity index (χ1v) is 11.8. The molecule has 1 unspecified atom stereocenters. The highest BCUT2D eigenvalue weighted by Crippen LogP contribution is 2.20. The lowest BCUT2D eigenvalue weighted by Gasteiger charge is -2.30. The summed E-state index contributed by atoms with van der Waals surface area (Å²) in [6, 6.07) is 14.9. The molecule has 3 rings (SSSR count). The van der Waals surface area contributed by atoms with Gasteiger partial charge in [-0.2, -0.15) is 0 Å². The fraction of sp³-hybridized carbons (Fsp3) is 0.462. The van der Waals surface area contributed by atoms with Crippen molar-refractivity contribution in [3.05, 3.63) is 64.7 Å². The summed E-state index contributed by atoms with van der Waals surface area (Å²) in [7, 11) is 0. The van der Waals surface area contributed by atoms with E-state index in [1.165, 1.54) is 0 Å². The van der Waals surface area contributed by atoms with Crippen molar-refractivity contribution in [2.75, 3.05) is 6.61 Å². The van der Waals surface area contributed by atoms with Crippen molar-refractivity contribution in [2.24, 2.45) is 0 Å². The monoisotopic (exact) mass is 456 g/mol. The molecule has 0 aliphatic heterocycles. The molecule has 0 spiro atoms.